The number of nitrogens with zero attached hydrogens (tertiary/aromatic N) is 2. The average molecular weight is 647 g/mol. The molecule has 0 unspecified atom stereocenters. The van der Waals surface area contributed by atoms with Gasteiger partial charge < -0.3 is 9.80 Å². The van der Waals surface area contributed by atoms with Crippen LogP contribution in [0.15, 0.2) is 170 Å². The van der Waals surface area contributed by atoms with Crippen LogP contribution in [0.25, 0.3) is 23.3 Å². The lowest BCUT2D eigenvalue weighted by Gasteiger charge is -2.26. The number of hydrogen-bond donors (Lipinski definition) is 0. The van der Waals surface area contributed by atoms with E-state index in [1.54, 1.807) is 0 Å². The van der Waals surface area contributed by atoms with Gasteiger partial charge in [-0.05, 0) is 145 Å². The van der Waals surface area contributed by atoms with E-state index < -0.39 is 0 Å². The summed E-state index contributed by atoms with van der Waals surface area (Å²) in [6.45, 7) is 8.63. The minimum absolute atomic E-state index is 1.13. The summed E-state index contributed by atoms with van der Waals surface area (Å²) in [6, 6.07) is 61.1. The molecule has 0 amide bonds. The quantitative estimate of drug-likeness (QED) is 0.144. The number of aryl methyl sites for hydroxylation is 4. The zero-order chi connectivity index (χ0) is 34.5. The van der Waals surface area contributed by atoms with Gasteiger partial charge in [0.05, 0.1) is 0 Å². The summed E-state index contributed by atoms with van der Waals surface area (Å²) in [5.74, 6) is 0. The maximum atomic E-state index is 2.33. The third-order valence-electron chi connectivity index (χ3n) is 8.95. The van der Waals surface area contributed by atoms with Gasteiger partial charge in [0.15, 0.2) is 0 Å². The van der Waals surface area contributed by atoms with Crippen LogP contribution < -0.4 is 9.80 Å². The van der Waals surface area contributed by atoms with Gasteiger partial charge in [-0.3, -0.25) is 0 Å². The molecule has 0 fully saturated rings. The second-order valence-electron chi connectivity index (χ2n) is 13.1. The Balaban J connectivity index is 1.08. The van der Waals surface area contributed by atoms with E-state index >= 15 is 0 Å². The predicted octanol–water partition coefficient (Wildman–Crippen LogP) is 13.7. The van der Waals surface area contributed by atoms with Crippen molar-refractivity contribution in [3.8, 4) is 11.1 Å². The summed E-state index contributed by atoms with van der Waals surface area (Å²) in [5.41, 5.74) is 16.6. The molecule has 0 aliphatic heterocycles. The Morgan fingerprint density at radius 1 is 0.300 bits per heavy atom. The highest BCUT2D eigenvalue weighted by Crippen LogP contribution is 2.37. The summed E-state index contributed by atoms with van der Waals surface area (Å²) < 4.78 is 0. The molecule has 7 aromatic carbocycles. The Labute approximate surface area is 297 Å². The van der Waals surface area contributed by atoms with Gasteiger partial charge in [0.2, 0.25) is 0 Å². The van der Waals surface area contributed by atoms with Crippen LogP contribution in [-0.4, -0.2) is 0 Å². The van der Waals surface area contributed by atoms with Crippen LogP contribution in [0.3, 0.4) is 0 Å². The van der Waals surface area contributed by atoms with Crippen LogP contribution in [0, 0.1) is 27.7 Å². The van der Waals surface area contributed by atoms with Crippen LogP contribution >= 0.6 is 0 Å². The van der Waals surface area contributed by atoms with E-state index in [2.05, 4.69) is 220 Å². The molecule has 0 spiro atoms. The molecule has 7 rings (SSSR count). The van der Waals surface area contributed by atoms with E-state index in [0.717, 1.165) is 28.3 Å². The summed E-state index contributed by atoms with van der Waals surface area (Å²) in [4.78, 5) is 4.65. The van der Waals surface area contributed by atoms with Crippen LogP contribution in [0.5, 0.6) is 0 Å². The molecule has 0 saturated carbocycles. The number of rotatable bonds is 9. The highest BCUT2D eigenvalue weighted by atomic mass is 15.1. The first kappa shape index (κ1) is 32.4. The minimum atomic E-state index is 1.13. The fourth-order valence-corrected chi connectivity index (χ4v) is 6.72. The Kier molecular flexibility index (Phi) is 9.44. The molecule has 50 heavy (non-hydrogen) atoms. The molecule has 0 bridgehead atoms. The SMILES string of the molecule is Cc1cc(C)cc(N(c2ccccc2)c2ccc(/C=C/c3ccc(-c4ccc(N(c5ccccc5)c5cc(C)cc(C)c5)cc4)cc3)cc2)c1. The Morgan fingerprint density at radius 3 is 0.980 bits per heavy atom. The van der Waals surface area contributed by atoms with Gasteiger partial charge in [-0.25, -0.2) is 0 Å². The maximum Gasteiger partial charge on any atom is 0.0466 e. The lowest BCUT2D eigenvalue weighted by atomic mass is 10.0. The van der Waals surface area contributed by atoms with Crippen molar-refractivity contribution in [2.45, 2.75) is 27.7 Å². The van der Waals surface area contributed by atoms with Gasteiger partial charge in [-0.1, -0.05) is 109 Å². The van der Waals surface area contributed by atoms with Crippen molar-refractivity contribution in [2.24, 2.45) is 0 Å². The number of anilines is 6. The molecule has 2 heteroatoms. The predicted molar refractivity (Wildman–Crippen MR) is 216 cm³/mol. The van der Waals surface area contributed by atoms with Crippen molar-refractivity contribution in [1.82, 2.24) is 0 Å². The van der Waals surface area contributed by atoms with Crippen molar-refractivity contribution in [2.75, 3.05) is 9.80 Å². The molecule has 0 heterocycles. The second-order valence-corrected chi connectivity index (χ2v) is 13.1. The van der Waals surface area contributed by atoms with Crippen molar-refractivity contribution in [1.29, 1.82) is 0 Å². The van der Waals surface area contributed by atoms with Gasteiger partial charge in [-0.2, -0.15) is 0 Å². The van der Waals surface area contributed by atoms with Gasteiger partial charge in [0.25, 0.3) is 0 Å². The van der Waals surface area contributed by atoms with Crippen molar-refractivity contribution in [3.05, 3.63) is 203 Å². The van der Waals surface area contributed by atoms with Crippen molar-refractivity contribution < 1.29 is 0 Å². The third-order valence-corrected chi connectivity index (χ3v) is 8.95. The van der Waals surface area contributed by atoms with E-state index in [-0.39, 0.29) is 0 Å². The average Bonchev–Trinajstić information content (AvgIpc) is 3.12. The number of benzene rings is 7. The fourth-order valence-electron chi connectivity index (χ4n) is 6.72. The van der Waals surface area contributed by atoms with E-state index in [1.165, 1.54) is 50.3 Å². The molecule has 0 atom stereocenters. The highest BCUT2D eigenvalue weighted by molar-refractivity contribution is 5.81. The lowest BCUT2D eigenvalue weighted by Crippen LogP contribution is -2.10. The zero-order valence-electron chi connectivity index (χ0n) is 29.2. The molecule has 0 aromatic heterocycles. The molecule has 7 aromatic rings. The standard InChI is InChI=1S/C48H42N2/c1-35-29-36(2)32-47(31-35)49(43-11-7-5-8-12-43)45-25-19-40(20-26-45)16-15-39-17-21-41(22-18-39)42-23-27-46(28-24-42)50(44-13-9-6-10-14-44)48-33-37(3)30-38(4)34-48/h5-34H,1-4H3/b16-15+. The molecule has 0 N–H and O–H groups in total. The van der Waals surface area contributed by atoms with Gasteiger partial charge >= 0.3 is 0 Å². The monoisotopic (exact) mass is 646 g/mol. The van der Waals surface area contributed by atoms with Gasteiger partial charge in [0, 0.05) is 34.1 Å². The van der Waals surface area contributed by atoms with Crippen molar-refractivity contribution >= 4 is 46.3 Å². The van der Waals surface area contributed by atoms with Crippen molar-refractivity contribution in [3.63, 3.8) is 0 Å². The summed E-state index contributed by atoms with van der Waals surface area (Å²) in [7, 11) is 0. The summed E-state index contributed by atoms with van der Waals surface area (Å²) in [5, 5.41) is 0. The lowest BCUT2D eigenvalue weighted by molar-refractivity contribution is 1.25. The largest absolute Gasteiger partial charge is 0.310 e. The molecule has 0 radical (unpaired) electrons. The van der Waals surface area contributed by atoms with E-state index in [4.69, 9.17) is 0 Å². The Hall–Kier alpha value is -6.12. The first-order valence-corrected chi connectivity index (χ1v) is 17.3. The summed E-state index contributed by atoms with van der Waals surface area (Å²) in [6.07, 6.45) is 4.37. The normalized spacial score (nSPS) is 11.1. The van der Waals surface area contributed by atoms with E-state index in [1.807, 2.05) is 0 Å². The van der Waals surface area contributed by atoms with Crippen LogP contribution in [0.4, 0.5) is 34.1 Å². The molecule has 2 nitrogen and oxygen atoms in total. The van der Waals surface area contributed by atoms with E-state index in [9.17, 15) is 0 Å². The first-order chi connectivity index (χ1) is 24.4. The van der Waals surface area contributed by atoms with Crippen LogP contribution in [-0.2, 0) is 0 Å². The Bertz CT molecular complexity index is 2170. The minimum Gasteiger partial charge on any atom is -0.310 e. The molecule has 244 valence electrons. The highest BCUT2D eigenvalue weighted by Gasteiger charge is 2.14. The molecule has 0 aliphatic carbocycles. The maximum absolute atomic E-state index is 2.33. The van der Waals surface area contributed by atoms with Gasteiger partial charge in [-0.15, -0.1) is 0 Å². The number of hydrogen-bond acceptors (Lipinski definition) is 2. The third kappa shape index (κ3) is 7.46. The summed E-state index contributed by atoms with van der Waals surface area (Å²) >= 11 is 0. The first-order valence-electron chi connectivity index (χ1n) is 17.3. The second kappa shape index (κ2) is 14.6. The Morgan fingerprint density at radius 2 is 0.600 bits per heavy atom. The zero-order valence-corrected chi connectivity index (χ0v) is 29.2. The smallest absolute Gasteiger partial charge is 0.0466 e. The molecular formula is C48H42N2. The molecule has 0 aliphatic rings. The van der Waals surface area contributed by atoms with Gasteiger partial charge in [0.1, 0.15) is 0 Å². The number of para-hydroxylation sites is 2. The molecule has 0 saturated heterocycles. The van der Waals surface area contributed by atoms with Crippen LogP contribution in [0.2, 0.25) is 0 Å². The van der Waals surface area contributed by atoms with Crippen LogP contribution in [0.1, 0.15) is 33.4 Å². The fraction of sp³-hybridized carbons (Fsp3) is 0.0833. The topological polar surface area (TPSA) is 6.48 Å². The molecular weight excluding hydrogens is 605 g/mol. The van der Waals surface area contributed by atoms with E-state index in [0.29, 0.717) is 0 Å².